The van der Waals surface area contributed by atoms with Gasteiger partial charge in [0.1, 0.15) is 12.0 Å². The van der Waals surface area contributed by atoms with Crippen LogP contribution in [-0.4, -0.2) is 22.7 Å². The molecule has 1 heterocycles. The summed E-state index contributed by atoms with van der Waals surface area (Å²) in [5.74, 6) is 0.732. The molecule has 0 aliphatic heterocycles. The first-order valence-electron chi connectivity index (χ1n) is 5.54. The van der Waals surface area contributed by atoms with E-state index in [2.05, 4.69) is 5.10 Å². The Balaban J connectivity index is 1.76. The minimum Gasteiger partial charge on any atom is -0.494 e. The van der Waals surface area contributed by atoms with Gasteiger partial charge in [-0.05, 0) is 18.2 Å². The standard InChI is InChI=1S/C13H14N2O2/c16-11-12-4-1-5-13(10-12)17-9-3-8-15-7-2-6-14-15/h1-2,4-7,10-11H,3,8-9H2. The molecule has 0 unspecified atom stereocenters. The van der Waals surface area contributed by atoms with Crippen molar-refractivity contribution >= 4 is 6.29 Å². The molecule has 0 saturated carbocycles. The number of nitrogens with zero attached hydrogens (tertiary/aromatic N) is 2. The Labute approximate surface area is 99.8 Å². The Morgan fingerprint density at radius 3 is 3.06 bits per heavy atom. The van der Waals surface area contributed by atoms with E-state index in [1.807, 2.05) is 29.1 Å². The fourth-order valence-corrected chi connectivity index (χ4v) is 1.53. The second kappa shape index (κ2) is 5.84. The summed E-state index contributed by atoms with van der Waals surface area (Å²) in [4.78, 5) is 10.6. The quantitative estimate of drug-likeness (QED) is 0.564. The highest BCUT2D eigenvalue weighted by Crippen LogP contribution is 2.12. The van der Waals surface area contributed by atoms with E-state index >= 15 is 0 Å². The Kier molecular flexibility index (Phi) is 3.91. The first kappa shape index (κ1) is 11.4. The molecular formula is C13H14N2O2. The lowest BCUT2D eigenvalue weighted by atomic mass is 10.2. The van der Waals surface area contributed by atoms with Crippen LogP contribution in [-0.2, 0) is 6.54 Å². The van der Waals surface area contributed by atoms with Crippen molar-refractivity contribution in [2.45, 2.75) is 13.0 Å². The molecule has 0 bridgehead atoms. The molecular weight excluding hydrogens is 216 g/mol. The molecule has 0 radical (unpaired) electrons. The van der Waals surface area contributed by atoms with Crippen molar-refractivity contribution in [1.82, 2.24) is 9.78 Å². The van der Waals surface area contributed by atoms with E-state index in [1.54, 1.807) is 18.3 Å². The summed E-state index contributed by atoms with van der Waals surface area (Å²) < 4.78 is 7.41. The van der Waals surface area contributed by atoms with Gasteiger partial charge in [-0.3, -0.25) is 9.48 Å². The van der Waals surface area contributed by atoms with Crippen molar-refractivity contribution in [1.29, 1.82) is 0 Å². The highest BCUT2D eigenvalue weighted by atomic mass is 16.5. The van der Waals surface area contributed by atoms with Crippen LogP contribution in [0.2, 0.25) is 0 Å². The molecule has 4 heteroatoms. The number of benzene rings is 1. The van der Waals surface area contributed by atoms with Crippen molar-refractivity contribution in [3.05, 3.63) is 48.3 Å². The lowest BCUT2D eigenvalue weighted by Gasteiger charge is -2.06. The molecule has 1 aromatic carbocycles. The molecule has 1 aromatic heterocycles. The Morgan fingerprint density at radius 1 is 1.35 bits per heavy atom. The molecule has 2 rings (SSSR count). The van der Waals surface area contributed by atoms with Crippen LogP contribution < -0.4 is 4.74 Å². The number of carbonyl (C=O) groups is 1. The third-order valence-corrected chi connectivity index (χ3v) is 2.35. The first-order chi connectivity index (χ1) is 8.38. The van der Waals surface area contributed by atoms with Gasteiger partial charge in [0.25, 0.3) is 0 Å². The van der Waals surface area contributed by atoms with Crippen LogP contribution in [0.5, 0.6) is 5.75 Å². The van der Waals surface area contributed by atoms with Crippen molar-refractivity contribution in [3.63, 3.8) is 0 Å². The van der Waals surface area contributed by atoms with Crippen LogP contribution in [0.15, 0.2) is 42.7 Å². The molecule has 0 amide bonds. The predicted octanol–water partition coefficient (Wildman–Crippen LogP) is 2.16. The van der Waals surface area contributed by atoms with Gasteiger partial charge in [-0.2, -0.15) is 5.10 Å². The maximum absolute atomic E-state index is 10.6. The molecule has 0 saturated heterocycles. The van der Waals surface area contributed by atoms with E-state index in [1.165, 1.54) is 0 Å². The SMILES string of the molecule is O=Cc1cccc(OCCCn2cccn2)c1. The smallest absolute Gasteiger partial charge is 0.150 e. The lowest BCUT2D eigenvalue weighted by molar-refractivity contribution is 0.112. The zero-order valence-corrected chi connectivity index (χ0v) is 9.45. The van der Waals surface area contributed by atoms with Gasteiger partial charge < -0.3 is 4.74 Å². The van der Waals surface area contributed by atoms with Gasteiger partial charge >= 0.3 is 0 Å². The summed E-state index contributed by atoms with van der Waals surface area (Å²) in [5.41, 5.74) is 0.634. The molecule has 2 aromatic rings. The van der Waals surface area contributed by atoms with Gasteiger partial charge in [0.2, 0.25) is 0 Å². The summed E-state index contributed by atoms with van der Waals surface area (Å²) in [6, 6.07) is 9.05. The van der Waals surface area contributed by atoms with Crippen LogP contribution in [0.1, 0.15) is 16.8 Å². The highest BCUT2D eigenvalue weighted by Gasteiger charge is 1.96. The fourth-order valence-electron chi connectivity index (χ4n) is 1.53. The number of carbonyl (C=O) groups excluding carboxylic acids is 1. The molecule has 88 valence electrons. The minimum atomic E-state index is 0.613. The van der Waals surface area contributed by atoms with Gasteiger partial charge in [-0.15, -0.1) is 0 Å². The van der Waals surface area contributed by atoms with Crippen molar-refractivity contribution in [2.24, 2.45) is 0 Å². The summed E-state index contributed by atoms with van der Waals surface area (Å²) in [6.07, 6.45) is 5.38. The van der Waals surface area contributed by atoms with E-state index in [4.69, 9.17) is 4.74 Å². The van der Waals surface area contributed by atoms with Crippen LogP contribution in [0, 0.1) is 0 Å². The van der Waals surface area contributed by atoms with Crippen LogP contribution >= 0.6 is 0 Å². The van der Waals surface area contributed by atoms with Gasteiger partial charge in [-0.1, -0.05) is 12.1 Å². The van der Waals surface area contributed by atoms with Crippen LogP contribution in [0.25, 0.3) is 0 Å². The average Bonchev–Trinajstić information content (AvgIpc) is 2.88. The molecule has 4 nitrogen and oxygen atoms in total. The van der Waals surface area contributed by atoms with E-state index in [-0.39, 0.29) is 0 Å². The van der Waals surface area contributed by atoms with E-state index in [0.29, 0.717) is 12.2 Å². The Bertz CT molecular complexity index is 466. The summed E-state index contributed by atoms with van der Waals surface area (Å²) in [7, 11) is 0. The number of hydrogen-bond acceptors (Lipinski definition) is 3. The Morgan fingerprint density at radius 2 is 2.29 bits per heavy atom. The number of ether oxygens (including phenoxy) is 1. The van der Waals surface area contributed by atoms with E-state index in [0.717, 1.165) is 25.0 Å². The molecule has 17 heavy (non-hydrogen) atoms. The second-order valence-corrected chi connectivity index (χ2v) is 3.66. The summed E-state index contributed by atoms with van der Waals surface area (Å²) >= 11 is 0. The zero-order chi connectivity index (χ0) is 11.9. The van der Waals surface area contributed by atoms with Gasteiger partial charge in [0.05, 0.1) is 6.61 Å². The normalized spacial score (nSPS) is 10.1. The number of aromatic nitrogens is 2. The number of aldehydes is 1. The molecule has 0 aliphatic rings. The average molecular weight is 230 g/mol. The van der Waals surface area contributed by atoms with E-state index < -0.39 is 0 Å². The predicted molar refractivity (Wildman–Crippen MR) is 64.2 cm³/mol. The molecule has 0 fully saturated rings. The first-order valence-corrected chi connectivity index (χ1v) is 5.54. The topological polar surface area (TPSA) is 44.1 Å². The summed E-state index contributed by atoms with van der Waals surface area (Å²) in [6.45, 7) is 1.45. The molecule has 0 atom stereocenters. The molecule has 0 aliphatic carbocycles. The third-order valence-electron chi connectivity index (χ3n) is 2.35. The fraction of sp³-hybridized carbons (Fsp3) is 0.231. The second-order valence-electron chi connectivity index (χ2n) is 3.66. The van der Waals surface area contributed by atoms with Gasteiger partial charge in [-0.25, -0.2) is 0 Å². The highest BCUT2D eigenvalue weighted by molar-refractivity contribution is 5.75. The van der Waals surface area contributed by atoms with Crippen molar-refractivity contribution in [3.8, 4) is 5.75 Å². The van der Waals surface area contributed by atoms with Gasteiger partial charge in [0.15, 0.2) is 0 Å². The number of aryl methyl sites for hydroxylation is 1. The maximum Gasteiger partial charge on any atom is 0.150 e. The Hall–Kier alpha value is -2.10. The number of rotatable bonds is 6. The molecule has 0 N–H and O–H groups in total. The summed E-state index contributed by atoms with van der Waals surface area (Å²) in [5, 5.41) is 4.10. The zero-order valence-electron chi connectivity index (χ0n) is 9.45. The minimum absolute atomic E-state index is 0.613. The van der Waals surface area contributed by atoms with Crippen molar-refractivity contribution in [2.75, 3.05) is 6.61 Å². The largest absolute Gasteiger partial charge is 0.494 e. The van der Waals surface area contributed by atoms with Crippen molar-refractivity contribution < 1.29 is 9.53 Å². The van der Waals surface area contributed by atoms with Gasteiger partial charge in [0, 0.05) is 30.9 Å². The van der Waals surface area contributed by atoms with Crippen LogP contribution in [0.3, 0.4) is 0 Å². The molecule has 0 spiro atoms. The van der Waals surface area contributed by atoms with E-state index in [9.17, 15) is 4.79 Å². The maximum atomic E-state index is 10.6. The lowest BCUT2D eigenvalue weighted by Crippen LogP contribution is -2.04. The number of hydrogen-bond donors (Lipinski definition) is 0. The van der Waals surface area contributed by atoms with Crippen LogP contribution in [0.4, 0.5) is 0 Å². The monoisotopic (exact) mass is 230 g/mol. The third kappa shape index (κ3) is 3.45.